The molecule has 0 saturated carbocycles. The Bertz CT molecular complexity index is 862. The van der Waals surface area contributed by atoms with Crippen LogP contribution in [0.1, 0.15) is 12.3 Å². The molecule has 0 N–H and O–H groups in total. The third-order valence-corrected chi connectivity index (χ3v) is 3.21. The Balaban J connectivity index is 1.67. The number of para-hydroxylation sites is 1. The van der Waals surface area contributed by atoms with Gasteiger partial charge >= 0.3 is 6.43 Å². The zero-order valence-electron chi connectivity index (χ0n) is 12.4. The molecule has 3 aromatic rings. The van der Waals surface area contributed by atoms with Gasteiger partial charge in [-0.25, -0.2) is 0 Å². The van der Waals surface area contributed by atoms with Crippen molar-refractivity contribution < 1.29 is 17.9 Å². The minimum atomic E-state index is -2.85. The summed E-state index contributed by atoms with van der Waals surface area (Å²) in [5.74, 6) is -0.173. The molecule has 24 heavy (non-hydrogen) atoms. The average molecular weight is 333 g/mol. The Labute approximate surface area is 135 Å². The molecule has 0 spiro atoms. The van der Waals surface area contributed by atoms with Gasteiger partial charge in [0.25, 0.3) is 11.4 Å². The first-order valence-corrected chi connectivity index (χ1v) is 7.14. The summed E-state index contributed by atoms with van der Waals surface area (Å²) in [6, 6.07) is 12.0. The quantitative estimate of drug-likeness (QED) is 0.694. The molecule has 0 amide bonds. The van der Waals surface area contributed by atoms with Gasteiger partial charge in [-0.05, 0) is 18.2 Å². The van der Waals surface area contributed by atoms with Crippen LogP contribution in [0, 0.1) is 0 Å². The molecular weight excluding hydrogens is 320 g/mol. The number of aromatic nitrogens is 3. The number of benzene rings is 1. The maximum absolute atomic E-state index is 12.4. The molecule has 124 valence electrons. The lowest BCUT2D eigenvalue weighted by Gasteiger charge is -2.08. The number of hydrogen-bond donors (Lipinski definition) is 0. The van der Waals surface area contributed by atoms with Crippen molar-refractivity contribution in [1.29, 1.82) is 0 Å². The molecular formula is C16H13F2N3O3. The number of pyridine rings is 1. The Morgan fingerprint density at radius 1 is 1.17 bits per heavy atom. The second-order valence-corrected chi connectivity index (χ2v) is 4.85. The zero-order chi connectivity index (χ0) is 16.9. The molecule has 0 saturated heterocycles. The monoisotopic (exact) mass is 333 g/mol. The fraction of sp³-hybridized carbons (Fsp3) is 0.188. The molecule has 2 aromatic heterocycles. The number of halogens is 2. The summed E-state index contributed by atoms with van der Waals surface area (Å²) < 4.78 is 36.7. The minimum absolute atomic E-state index is 0.116. The Hall–Kier alpha value is -3.03. The largest absolute Gasteiger partial charge is 0.492 e. The van der Waals surface area contributed by atoms with Gasteiger partial charge in [0, 0.05) is 17.8 Å². The van der Waals surface area contributed by atoms with Crippen LogP contribution in [0.15, 0.2) is 57.9 Å². The molecule has 0 aliphatic carbocycles. The first-order valence-electron chi connectivity index (χ1n) is 7.14. The summed E-state index contributed by atoms with van der Waals surface area (Å²) in [5, 5.41) is 6.74. The van der Waals surface area contributed by atoms with E-state index in [1.807, 2.05) is 30.3 Å². The summed E-state index contributed by atoms with van der Waals surface area (Å²) in [7, 11) is 0. The summed E-state index contributed by atoms with van der Waals surface area (Å²) in [6.45, 7) is 0.666. The van der Waals surface area contributed by atoms with Gasteiger partial charge in [0.1, 0.15) is 12.4 Å². The van der Waals surface area contributed by atoms with E-state index in [0.29, 0.717) is 24.5 Å². The first-order chi connectivity index (χ1) is 11.6. The first kappa shape index (κ1) is 15.9. The van der Waals surface area contributed by atoms with E-state index in [0.717, 1.165) is 0 Å². The van der Waals surface area contributed by atoms with E-state index in [9.17, 15) is 13.6 Å². The number of rotatable bonds is 6. The van der Waals surface area contributed by atoms with Crippen LogP contribution < -0.4 is 10.3 Å². The fourth-order valence-corrected chi connectivity index (χ4v) is 2.04. The van der Waals surface area contributed by atoms with Crippen molar-refractivity contribution in [3.8, 4) is 17.2 Å². The van der Waals surface area contributed by atoms with E-state index in [-0.39, 0.29) is 11.4 Å². The average Bonchev–Trinajstić information content (AvgIpc) is 3.08. The van der Waals surface area contributed by atoms with Crippen LogP contribution in [-0.4, -0.2) is 21.4 Å². The van der Waals surface area contributed by atoms with Crippen molar-refractivity contribution in [2.24, 2.45) is 0 Å². The van der Waals surface area contributed by atoms with Crippen LogP contribution in [0.2, 0.25) is 0 Å². The number of hydrogen-bond acceptors (Lipinski definition) is 5. The predicted molar refractivity (Wildman–Crippen MR) is 80.9 cm³/mol. The van der Waals surface area contributed by atoms with Gasteiger partial charge < -0.3 is 13.7 Å². The molecule has 3 rings (SSSR count). The van der Waals surface area contributed by atoms with Crippen LogP contribution >= 0.6 is 0 Å². The number of alkyl halides is 2. The molecule has 0 unspecified atom stereocenters. The molecule has 0 fully saturated rings. The van der Waals surface area contributed by atoms with Crippen LogP contribution in [0.3, 0.4) is 0 Å². The molecule has 2 heterocycles. The van der Waals surface area contributed by atoms with Crippen molar-refractivity contribution in [1.82, 2.24) is 14.8 Å². The van der Waals surface area contributed by atoms with Crippen molar-refractivity contribution in [3.05, 3.63) is 64.9 Å². The maximum Gasteiger partial charge on any atom is 0.314 e. The fourth-order valence-electron chi connectivity index (χ4n) is 2.04. The minimum Gasteiger partial charge on any atom is -0.492 e. The lowest BCUT2D eigenvalue weighted by atomic mass is 10.2. The molecule has 0 atom stereocenters. The lowest BCUT2D eigenvalue weighted by molar-refractivity contribution is 0.116. The van der Waals surface area contributed by atoms with E-state index >= 15 is 0 Å². The van der Waals surface area contributed by atoms with E-state index in [1.54, 1.807) is 6.07 Å². The third kappa shape index (κ3) is 3.65. The smallest absolute Gasteiger partial charge is 0.314 e. The van der Waals surface area contributed by atoms with Crippen LogP contribution in [-0.2, 0) is 6.54 Å². The van der Waals surface area contributed by atoms with Gasteiger partial charge in [0.05, 0.1) is 6.54 Å². The van der Waals surface area contributed by atoms with E-state index < -0.39 is 12.3 Å². The van der Waals surface area contributed by atoms with E-state index in [1.165, 1.54) is 16.8 Å². The number of ether oxygens (including phenoxy) is 1. The molecule has 6 nitrogen and oxygen atoms in total. The standard InChI is InChI=1S/C16H13F2N3O3/c17-14(18)16-20-19-15(24-16)11-6-7-21(13(22)10-11)8-9-23-12-4-2-1-3-5-12/h1-7,10,14H,8-9H2. The van der Waals surface area contributed by atoms with Crippen molar-refractivity contribution in [3.63, 3.8) is 0 Å². The Morgan fingerprint density at radius 3 is 2.62 bits per heavy atom. The molecule has 0 radical (unpaired) electrons. The summed E-state index contributed by atoms with van der Waals surface area (Å²) >= 11 is 0. The van der Waals surface area contributed by atoms with Crippen LogP contribution in [0.4, 0.5) is 8.78 Å². The van der Waals surface area contributed by atoms with Crippen LogP contribution in [0.5, 0.6) is 5.75 Å². The van der Waals surface area contributed by atoms with E-state index in [2.05, 4.69) is 10.2 Å². The second kappa shape index (κ2) is 7.03. The highest BCUT2D eigenvalue weighted by atomic mass is 19.3. The molecule has 1 aromatic carbocycles. The lowest BCUT2D eigenvalue weighted by Crippen LogP contribution is -2.21. The topological polar surface area (TPSA) is 70.2 Å². The van der Waals surface area contributed by atoms with Gasteiger partial charge in [-0.15, -0.1) is 10.2 Å². The van der Waals surface area contributed by atoms with E-state index in [4.69, 9.17) is 9.15 Å². The SMILES string of the molecule is O=c1cc(-c2nnc(C(F)F)o2)ccn1CCOc1ccccc1. The molecule has 0 bridgehead atoms. The van der Waals surface area contributed by atoms with Crippen LogP contribution in [0.25, 0.3) is 11.5 Å². The summed E-state index contributed by atoms with van der Waals surface area (Å²) in [5.41, 5.74) is -0.0272. The summed E-state index contributed by atoms with van der Waals surface area (Å²) in [4.78, 5) is 12.1. The third-order valence-electron chi connectivity index (χ3n) is 3.21. The van der Waals surface area contributed by atoms with Crippen molar-refractivity contribution in [2.75, 3.05) is 6.61 Å². The molecule has 8 heteroatoms. The van der Waals surface area contributed by atoms with Gasteiger partial charge in [-0.1, -0.05) is 18.2 Å². The maximum atomic E-state index is 12.4. The van der Waals surface area contributed by atoms with Gasteiger partial charge in [0.15, 0.2) is 0 Å². The predicted octanol–water partition coefficient (Wildman–Crippen LogP) is 2.91. The van der Waals surface area contributed by atoms with Gasteiger partial charge in [0.2, 0.25) is 5.89 Å². The van der Waals surface area contributed by atoms with Crippen molar-refractivity contribution in [2.45, 2.75) is 13.0 Å². The summed E-state index contributed by atoms with van der Waals surface area (Å²) in [6.07, 6.45) is -1.32. The highest BCUT2D eigenvalue weighted by Gasteiger charge is 2.17. The number of nitrogens with zero attached hydrogens (tertiary/aromatic N) is 3. The second-order valence-electron chi connectivity index (χ2n) is 4.85. The normalized spacial score (nSPS) is 11.0. The van der Waals surface area contributed by atoms with Crippen molar-refractivity contribution >= 4 is 0 Å². The molecule has 0 aliphatic heterocycles. The zero-order valence-corrected chi connectivity index (χ0v) is 12.4. The molecule has 0 aliphatic rings. The highest BCUT2D eigenvalue weighted by Crippen LogP contribution is 2.22. The highest BCUT2D eigenvalue weighted by molar-refractivity contribution is 5.50. The Morgan fingerprint density at radius 2 is 1.96 bits per heavy atom. The van der Waals surface area contributed by atoms with Gasteiger partial charge in [-0.2, -0.15) is 8.78 Å². The van der Waals surface area contributed by atoms with Gasteiger partial charge in [-0.3, -0.25) is 4.79 Å². The Kier molecular flexibility index (Phi) is 4.64.